The summed E-state index contributed by atoms with van der Waals surface area (Å²) in [5.74, 6) is 2.89. The molecular formula is C40H47N7O5. The number of fused-ring (bicyclic) bond motifs is 6. The topological polar surface area (TPSA) is 146 Å². The standard InChI is InChI=1S/C40H47N7O5/c1-6-21(2)35(46-40(49)51-5)39(48)47-22(3)7-12-33(47)38-42-18-32(44-38)25-8-10-27-26(14-25)20-52-34-16-28-24(15-29(27)34)9-11-30-36(28)45-37(43-30)31-13-23(17-41-31)19-50-4/h8-11,14-16,18,21-23,31,33,35,41H,6-7,12-13,17,19-20H2,1-5H3,(H,42,44)(H,43,45)(H,46,49)/t21-,22-,23-,31-,33-,35?/m0/s1. The van der Waals surface area contributed by atoms with Crippen LogP contribution >= 0.6 is 0 Å². The van der Waals surface area contributed by atoms with Gasteiger partial charge in [0.2, 0.25) is 5.91 Å². The summed E-state index contributed by atoms with van der Waals surface area (Å²) in [6.07, 6.45) is 4.61. The first-order valence-corrected chi connectivity index (χ1v) is 18.4. The van der Waals surface area contributed by atoms with E-state index >= 15 is 0 Å². The third-order valence-corrected chi connectivity index (χ3v) is 11.4. The number of ether oxygens (including phenoxy) is 3. The fraction of sp³-hybridized carbons (Fsp3) is 0.450. The molecule has 272 valence electrons. The number of amides is 2. The van der Waals surface area contributed by atoms with E-state index in [1.165, 1.54) is 7.11 Å². The number of benzene rings is 3. The normalized spacial score (nSPS) is 22.2. The molecule has 3 aliphatic heterocycles. The van der Waals surface area contributed by atoms with Crippen LogP contribution in [0.4, 0.5) is 4.79 Å². The monoisotopic (exact) mass is 705 g/mol. The van der Waals surface area contributed by atoms with Gasteiger partial charge in [0.15, 0.2) is 0 Å². The van der Waals surface area contributed by atoms with Crippen LogP contribution in [0.5, 0.6) is 5.75 Å². The average molecular weight is 706 g/mol. The summed E-state index contributed by atoms with van der Waals surface area (Å²) >= 11 is 0. The van der Waals surface area contributed by atoms with Gasteiger partial charge in [-0.15, -0.1) is 0 Å². The zero-order valence-corrected chi connectivity index (χ0v) is 30.4. The molecular weight excluding hydrogens is 658 g/mol. The van der Waals surface area contributed by atoms with E-state index in [1.54, 1.807) is 7.11 Å². The van der Waals surface area contributed by atoms with Crippen LogP contribution in [0, 0.1) is 11.8 Å². The molecule has 12 nitrogen and oxygen atoms in total. The SMILES string of the molecule is CC[C@H](C)C(NC(=O)OC)C(=O)N1[C@@H](C)CC[C@H]1c1ncc(-c2ccc3c(c2)COc2cc4c(ccc5nc([C@@H]6C[C@H](COC)CN6)[nH]c54)cc2-3)[nH]1. The molecule has 5 heterocycles. The summed E-state index contributed by atoms with van der Waals surface area (Å²) in [6.45, 7) is 8.17. The highest BCUT2D eigenvalue weighted by Crippen LogP contribution is 2.43. The van der Waals surface area contributed by atoms with E-state index in [4.69, 9.17) is 24.2 Å². The summed E-state index contributed by atoms with van der Waals surface area (Å²) in [7, 11) is 3.07. The van der Waals surface area contributed by atoms with Crippen LogP contribution in [0.25, 0.3) is 44.2 Å². The molecule has 3 aromatic carbocycles. The van der Waals surface area contributed by atoms with Crippen molar-refractivity contribution < 1.29 is 23.8 Å². The second-order valence-electron chi connectivity index (χ2n) is 14.7. The van der Waals surface area contributed by atoms with Gasteiger partial charge < -0.3 is 39.7 Å². The van der Waals surface area contributed by atoms with Crippen molar-refractivity contribution in [3.63, 3.8) is 0 Å². The number of H-pyrrole nitrogens is 2. The number of hydrogen-bond donors (Lipinski definition) is 4. The largest absolute Gasteiger partial charge is 0.488 e. The van der Waals surface area contributed by atoms with Crippen LogP contribution in [0.2, 0.25) is 0 Å². The van der Waals surface area contributed by atoms with Crippen LogP contribution < -0.4 is 15.4 Å². The van der Waals surface area contributed by atoms with Crippen LogP contribution in [-0.4, -0.2) is 76.3 Å². The van der Waals surface area contributed by atoms with E-state index in [1.807, 2.05) is 24.9 Å². The molecule has 52 heavy (non-hydrogen) atoms. The van der Waals surface area contributed by atoms with Crippen molar-refractivity contribution in [2.24, 2.45) is 11.8 Å². The number of imidazole rings is 2. The van der Waals surface area contributed by atoms with Crippen molar-refractivity contribution in [3.05, 3.63) is 65.9 Å². The van der Waals surface area contributed by atoms with Gasteiger partial charge in [-0.05, 0) is 84.4 Å². The summed E-state index contributed by atoms with van der Waals surface area (Å²) < 4.78 is 16.6. The molecule has 0 bridgehead atoms. The number of hydrogen-bond acceptors (Lipinski definition) is 8. The molecule has 6 atom stereocenters. The number of nitrogens with one attached hydrogen (secondary N) is 4. The number of nitrogens with zero attached hydrogens (tertiary/aromatic N) is 3. The lowest BCUT2D eigenvalue weighted by Gasteiger charge is -2.33. The van der Waals surface area contributed by atoms with Gasteiger partial charge >= 0.3 is 6.09 Å². The van der Waals surface area contributed by atoms with E-state index in [9.17, 15) is 9.59 Å². The van der Waals surface area contributed by atoms with Gasteiger partial charge in [-0.3, -0.25) is 4.79 Å². The van der Waals surface area contributed by atoms with Crippen molar-refractivity contribution in [1.29, 1.82) is 0 Å². The Kier molecular flexibility index (Phi) is 9.12. The molecule has 0 radical (unpaired) electrons. The van der Waals surface area contributed by atoms with Gasteiger partial charge in [-0.2, -0.15) is 0 Å². The minimum Gasteiger partial charge on any atom is -0.488 e. The van der Waals surface area contributed by atoms with Crippen molar-refractivity contribution >= 4 is 33.8 Å². The third-order valence-electron chi connectivity index (χ3n) is 11.4. The van der Waals surface area contributed by atoms with E-state index < -0.39 is 12.1 Å². The highest BCUT2D eigenvalue weighted by atomic mass is 16.5. The zero-order valence-electron chi connectivity index (χ0n) is 30.4. The summed E-state index contributed by atoms with van der Waals surface area (Å²) in [6, 6.07) is 14.3. The van der Waals surface area contributed by atoms with Crippen molar-refractivity contribution in [3.8, 4) is 28.1 Å². The van der Waals surface area contributed by atoms with Gasteiger partial charge in [0.25, 0.3) is 0 Å². The maximum Gasteiger partial charge on any atom is 0.407 e. The Labute approximate surface area is 303 Å². The van der Waals surface area contributed by atoms with Crippen molar-refractivity contribution in [1.82, 2.24) is 35.5 Å². The Bertz CT molecular complexity index is 2140. The number of carbonyl (C=O) groups excluding carboxylic acids is 2. The molecule has 1 unspecified atom stereocenters. The molecule has 4 N–H and O–H groups in total. The van der Waals surface area contributed by atoms with E-state index in [0.29, 0.717) is 12.5 Å². The Hall–Kier alpha value is -4.94. The Balaban J connectivity index is 1.04. The molecule has 12 heteroatoms. The molecule has 2 saturated heterocycles. The lowest BCUT2D eigenvalue weighted by molar-refractivity contribution is -0.137. The fourth-order valence-corrected chi connectivity index (χ4v) is 8.33. The number of methoxy groups -OCH3 is 2. The molecule has 0 aliphatic carbocycles. The summed E-state index contributed by atoms with van der Waals surface area (Å²) in [5, 5.41) is 8.60. The molecule has 2 amide bonds. The van der Waals surface area contributed by atoms with Crippen molar-refractivity contribution in [2.45, 2.75) is 77.2 Å². The Morgan fingerprint density at radius 1 is 1.08 bits per heavy atom. The predicted octanol–water partition coefficient (Wildman–Crippen LogP) is 6.79. The highest BCUT2D eigenvalue weighted by Gasteiger charge is 2.41. The molecule has 0 saturated carbocycles. The minimum absolute atomic E-state index is 0.0127. The quantitative estimate of drug-likeness (QED) is 0.131. The average Bonchev–Trinajstić information content (AvgIpc) is 3.98. The van der Waals surface area contributed by atoms with E-state index in [0.717, 1.165) is 106 Å². The summed E-state index contributed by atoms with van der Waals surface area (Å²) in [5.41, 5.74) is 7.16. The van der Waals surface area contributed by atoms with Crippen LogP contribution in [0.15, 0.2) is 48.7 Å². The number of alkyl carbamates (subject to hydrolysis) is 1. The third kappa shape index (κ3) is 6.07. The Morgan fingerprint density at radius 2 is 1.94 bits per heavy atom. The van der Waals surface area contributed by atoms with Crippen LogP contribution in [0.3, 0.4) is 0 Å². The molecule has 5 aromatic rings. The lowest BCUT2D eigenvalue weighted by atomic mass is 9.92. The number of aromatic nitrogens is 4. The van der Waals surface area contributed by atoms with E-state index in [2.05, 4.69) is 70.0 Å². The van der Waals surface area contributed by atoms with Gasteiger partial charge in [0.05, 0.1) is 48.7 Å². The zero-order chi connectivity index (χ0) is 36.1. The fourth-order valence-electron chi connectivity index (χ4n) is 8.33. The number of carbonyl (C=O) groups is 2. The lowest BCUT2D eigenvalue weighted by Crippen LogP contribution is -2.53. The van der Waals surface area contributed by atoms with Crippen molar-refractivity contribution in [2.75, 3.05) is 27.4 Å². The van der Waals surface area contributed by atoms with E-state index in [-0.39, 0.29) is 30.0 Å². The minimum atomic E-state index is -0.679. The molecule has 8 rings (SSSR count). The molecule has 2 aromatic heterocycles. The molecule has 2 fully saturated rings. The van der Waals surface area contributed by atoms with Gasteiger partial charge in [0.1, 0.15) is 30.0 Å². The highest BCUT2D eigenvalue weighted by molar-refractivity contribution is 6.07. The first-order chi connectivity index (χ1) is 25.3. The number of rotatable bonds is 9. The predicted molar refractivity (Wildman–Crippen MR) is 199 cm³/mol. The van der Waals surface area contributed by atoms with Gasteiger partial charge in [0, 0.05) is 30.6 Å². The second kappa shape index (κ2) is 13.9. The molecule has 0 spiro atoms. The smallest absolute Gasteiger partial charge is 0.407 e. The summed E-state index contributed by atoms with van der Waals surface area (Å²) in [4.78, 5) is 44.9. The first-order valence-electron chi connectivity index (χ1n) is 18.4. The Morgan fingerprint density at radius 3 is 2.75 bits per heavy atom. The van der Waals surface area contributed by atoms with Crippen LogP contribution in [-0.2, 0) is 20.9 Å². The first kappa shape index (κ1) is 34.2. The maximum atomic E-state index is 14.0. The number of aromatic amines is 2. The van der Waals surface area contributed by atoms with Gasteiger partial charge in [-0.25, -0.2) is 14.8 Å². The van der Waals surface area contributed by atoms with Gasteiger partial charge in [-0.1, -0.05) is 38.5 Å². The number of likely N-dealkylation sites (tertiary alicyclic amines) is 1. The maximum absolute atomic E-state index is 14.0. The second-order valence-corrected chi connectivity index (χ2v) is 14.7. The van der Waals surface area contributed by atoms with Crippen LogP contribution in [0.1, 0.15) is 75.8 Å². The molecule has 3 aliphatic rings.